The maximum atomic E-state index is 13.3. The number of rotatable bonds is 6. The third-order valence-electron chi connectivity index (χ3n) is 5.29. The van der Waals surface area contributed by atoms with Crippen molar-refractivity contribution >= 4 is 16.8 Å². The van der Waals surface area contributed by atoms with E-state index in [-0.39, 0.29) is 11.9 Å². The minimum atomic E-state index is -0.142. The lowest BCUT2D eigenvalue weighted by Gasteiger charge is -2.16. The lowest BCUT2D eigenvalue weighted by atomic mass is 10.0. The minimum absolute atomic E-state index is 0.120. The molecule has 1 N–H and O–H groups in total. The highest BCUT2D eigenvalue weighted by Crippen LogP contribution is 2.33. The second-order valence-corrected chi connectivity index (χ2v) is 7.25. The van der Waals surface area contributed by atoms with E-state index in [4.69, 9.17) is 14.5 Å². The first-order valence-corrected chi connectivity index (χ1v) is 10.1. The molecule has 5 heteroatoms. The van der Waals surface area contributed by atoms with Crippen molar-refractivity contribution in [1.82, 2.24) is 10.3 Å². The lowest BCUT2D eigenvalue weighted by molar-refractivity contribution is 0.0941. The number of carbonyl (C=O) groups excluding carboxylic acids is 1. The number of methoxy groups -OCH3 is 2. The average Bonchev–Trinajstić information content (AvgIpc) is 2.83. The first kappa shape index (κ1) is 20.4. The number of carbonyl (C=O) groups is 1. The number of fused-ring (bicyclic) bond motifs is 1. The molecule has 0 aliphatic rings. The Labute approximate surface area is 181 Å². The maximum Gasteiger partial charge on any atom is 0.252 e. The van der Waals surface area contributed by atoms with E-state index in [0.717, 1.165) is 22.0 Å². The minimum Gasteiger partial charge on any atom is -0.493 e. The van der Waals surface area contributed by atoms with Crippen molar-refractivity contribution in [3.05, 3.63) is 90.0 Å². The zero-order valence-corrected chi connectivity index (χ0v) is 17.8. The molecule has 31 heavy (non-hydrogen) atoms. The molecule has 0 saturated heterocycles. The number of aromatic nitrogens is 1. The standard InChI is InChI=1S/C26H24N2O3/c1-17(18-9-5-4-6-10-18)27-26(29)21-16-23(28-22-12-8-7-11-20(21)22)19-13-14-24(30-2)25(15-19)31-3/h4-17H,1-3H3,(H,27,29)/t17-/m1/s1. The highest BCUT2D eigenvalue weighted by molar-refractivity contribution is 6.07. The Morgan fingerprint density at radius 2 is 1.58 bits per heavy atom. The smallest absolute Gasteiger partial charge is 0.252 e. The molecule has 156 valence electrons. The Kier molecular flexibility index (Phi) is 5.85. The van der Waals surface area contributed by atoms with Crippen LogP contribution in [0.1, 0.15) is 28.9 Å². The summed E-state index contributed by atoms with van der Waals surface area (Å²) in [5, 5.41) is 3.92. The number of hydrogen-bond acceptors (Lipinski definition) is 4. The fourth-order valence-electron chi connectivity index (χ4n) is 3.61. The number of nitrogens with one attached hydrogen (secondary N) is 1. The first-order valence-electron chi connectivity index (χ1n) is 10.1. The van der Waals surface area contributed by atoms with Gasteiger partial charge in [-0.2, -0.15) is 0 Å². The molecule has 0 fully saturated rings. The second-order valence-electron chi connectivity index (χ2n) is 7.25. The SMILES string of the molecule is COc1ccc(-c2cc(C(=O)N[C@H](C)c3ccccc3)c3ccccc3n2)cc1OC. The molecule has 0 aliphatic carbocycles. The molecule has 5 nitrogen and oxygen atoms in total. The van der Waals surface area contributed by atoms with E-state index in [9.17, 15) is 4.79 Å². The van der Waals surface area contributed by atoms with Gasteiger partial charge in [-0.25, -0.2) is 4.98 Å². The number of hydrogen-bond donors (Lipinski definition) is 1. The van der Waals surface area contributed by atoms with Crippen molar-refractivity contribution in [2.24, 2.45) is 0 Å². The lowest BCUT2D eigenvalue weighted by Crippen LogP contribution is -2.27. The Hall–Kier alpha value is -3.86. The summed E-state index contributed by atoms with van der Waals surface area (Å²) in [6, 6.07) is 24.9. The Morgan fingerprint density at radius 3 is 2.32 bits per heavy atom. The third-order valence-corrected chi connectivity index (χ3v) is 5.29. The Morgan fingerprint density at radius 1 is 0.871 bits per heavy atom. The Bertz CT molecular complexity index is 1220. The average molecular weight is 412 g/mol. The summed E-state index contributed by atoms with van der Waals surface area (Å²) >= 11 is 0. The van der Waals surface area contributed by atoms with Crippen LogP contribution in [0.15, 0.2) is 78.9 Å². The van der Waals surface area contributed by atoms with Crippen LogP contribution in [0, 0.1) is 0 Å². The molecule has 0 spiro atoms. The molecule has 1 amide bonds. The largest absolute Gasteiger partial charge is 0.493 e. The van der Waals surface area contributed by atoms with Crippen molar-refractivity contribution in [1.29, 1.82) is 0 Å². The van der Waals surface area contributed by atoms with Gasteiger partial charge in [-0.15, -0.1) is 0 Å². The van der Waals surface area contributed by atoms with Crippen LogP contribution >= 0.6 is 0 Å². The number of nitrogens with zero attached hydrogens (tertiary/aromatic N) is 1. The van der Waals surface area contributed by atoms with Crippen molar-refractivity contribution in [2.75, 3.05) is 14.2 Å². The van der Waals surface area contributed by atoms with E-state index < -0.39 is 0 Å². The van der Waals surface area contributed by atoms with Gasteiger partial charge < -0.3 is 14.8 Å². The van der Waals surface area contributed by atoms with Gasteiger partial charge >= 0.3 is 0 Å². The topological polar surface area (TPSA) is 60.5 Å². The molecule has 4 rings (SSSR count). The fraction of sp³-hybridized carbons (Fsp3) is 0.154. The van der Waals surface area contributed by atoms with Gasteiger partial charge in [-0.1, -0.05) is 48.5 Å². The van der Waals surface area contributed by atoms with Gasteiger partial charge in [0.25, 0.3) is 5.91 Å². The summed E-state index contributed by atoms with van der Waals surface area (Å²) in [6.45, 7) is 1.98. The molecule has 0 saturated carbocycles. The first-order chi connectivity index (χ1) is 15.1. The molecular formula is C26H24N2O3. The van der Waals surface area contributed by atoms with Gasteiger partial charge in [-0.3, -0.25) is 4.79 Å². The molecule has 0 aliphatic heterocycles. The van der Waals surface area contributed by atoms with Gasteiger partial charge in [0.2, 0.25) is 0 Å². The number of pyridine rings is 1. The third kappa shape index (κ3) is 4.21. The van der Waals surface area contributed by atoms with Crippen LogP contribution < -0.4 is 14.8 Å². The van der Waals surface area contributed by atoms with E-state index in [1.807, 2.05) is 85.8 Å². The van der Waals surface area contributed by atoms with Crippen molar-refractivity contribution in [3.63, 3.8) is 0 Å². The van der Waals surface area contributed by atoms with Crippen molar-refractivity contribution in [2.45, 2.75) is 13.0 Å². The fourth-order valence-corrected chi connectivity index (χ4v) is 3.61. The molecule has 0 radical (unpaired) electrons. The van der Waals surface area contributed by atoms with E-state index >= 15 is 0 Å². The van der Waals surface area contributed by atoms with Crippen molar-refractivity contribution in [3.8, 4) is 22.8 Å². The number of amides is 1. The van der Waals surface area contributed by atoms with E-state index in [1.165, 1.54) is 0 Å². The number of ether oxygens (including phenoxy) is 2. The molecule has 1 atom stereocenters. The van der Waals surface area contributed by atoms with Crippen LogP contribution in [0.2, 0.25) is 0 Å². The van der Waals surface area contributed by atoms with Crippen LogP contribution in [0.5, 0.6) is 11.5 Å². The van der Waals surface area contributed by atoms with Crippen LogP contribution in [0.4, 0.5) is 0 Å². The van der Waals surface area contributed by atoms with Crippen LogP contribution in [0.3, 0.4) is 0 Å². The van der Waals surface area contributed by atoms with Crippen LogP contribution in [-0.2, 0) is 0 Å². The zero-order chi connectivity index (χ0) is 21.8. The molecule has 1 aromatic heterocycles. The molecule has 0 unspecified atom stereocenters. The molecule has 0 bridgehead atoms. The summed E-state index contributed by atoms with van der Waals surface area (Å²) in [7, 11) is 3.20. The molecule has 4 aromatic rings. The van der Waals surface area contributed by atoms with Crippen LogP contribution in [-0.4, -0.2) is 25.1 Å². The predicted octanol–water partition coefficient (Wildman–Crippen LogP) is 5.41. The maximum absolute atomic E-state index is 13.3. The summed E-state index contributed by atoms with van der Waals surface area (Å²) in [4.78, 5) is 18.0. The predicted molar refractivity (Wildman–Crippen MR) is 123 cm³/mol. The summed E-state index contributed by atoms with van der Waals surface area (Å²) < 4.78 is 10.8. The molecule has 1 heterocycles. The second kappa shape index (κ2) is 8.88. The van der Waals surface area contributed by atoms with Gasteiger partial charge in [0.15, 0.2) is 11.5 Å². The monoisotopic (exact) mass is 412 g/mol. The summed E-state index contributed by atoms with van der Waals surface area (Å²) in [5.74, 6) is 1.11. The summed E-state index contributed by atoms with van der Waals surface area (Å²) in [6.07, 6.45) is 0. The van der Waals surface area contributed by atoms with E-state index in [2.05, 4.69) is 5.32 Å². The Balaban J connectivity index is 1.76. The zero-order valence-electron chi connectivity index (χ0n) is 17.8. The normalized spacial score (nSPS) is 11.7. The number of para-hydroxylation sites is 1. The van der Waals surface area contributed by atoms with E-state index in [1.54, 1.807) is 14.2 Å². The van der Waals surface area contributed by atoms with Gasteiger partial charge in [0.1, 0.15) is 0 Å². The molecular weight excluding hydrogens is 388 g/mol. The van der Waals surface area contributed by atoms with Gasteiger partial charge in [0, 0.05) is 10.9 Å². The van der Waals surface area contributed by atoms with Gasteiger partial charge in [-0.05, 0) is 42.8 Å². The molecule has 3 aromatic carbocycles. The van der Waals surface area contributed by atoms with Crippen molar-refractivity contribution < 1.29 is 14.3 Å². The highest BCUT2D eigenvalue weighted by Gasteiger charge is 2.17. The van der Waals surface area contributed by atoms with E-state index in [0.29, 0.717) is 22.8 Å². The quantitative estimate of drug-likeness (QED) is 0.460. The van der Waals surface area contributed by atoms with Crippen LogP contribution in [0.25, 0.3) is 22.2 Å². The van der Waals surface area contributed by atoms with Gasteiger partial charge in [0.05, 0.1) is 37.0 Å². The highest BCUT2D eigenvalue weighted by atomic mass is 16.5. The number of benzene rings is 3. The summed E-state index contributed by atoms with van der Waals surface area (Å²) in [5.41, 5.74) is 3.92.